The van der Waals surface area contributed by atoms with Crippen LogP contribution in [0.3, 0.4) is 0 Å². The Balaban J connectivity index is 1.97. The molecule has 0 aliphatic carbocycles. The van der Waals surface area contributed by atoms with Gasteiger partial charge in [0.25, 0.3) is 0 Å². The van der Waals surface area contributed by atoms with Crippen molar-refractivity contribution in [2.24, 2.45) is 0 Å². The fourth-order valence-electron chi connectivity index (χ4n) is 1.93. The Bertz CT molecular complexity index is 658. The van der Waals surface area contributed by atoms with Gasteiger partial charge in [0.15, 0.2) is 0 Å². The van der Waals surface area contributed by atoms with Gasteiger partial charge in [-0.15, -0.1) is 0 Å². The zero-order chi connectivity index (χ0) is 12.4. The molecule has 0 bridgehead atoms. The molecular formula is C14H13N3O. The summed E-state index contributed by atoms with van der Waals surface area (Å²) < 4.78 is 5.04. The van der Waals surface area contributed by atoms with Gasteiger partial charge in [0, 0.05) is 42.2 Å². The summed E-state index contributed by atoms with van der Waals surface area (Å²) in [6, 6.07) is 8.13. The predicted molar refractivity (Wildman–Crippen MR) is 70.0 cm³/mol. The minimum absolute atomic E-state index is 0.537. The fraction of sp³-hybridized carbons (Fsp3) is 0.143. The number of pyridine rings is 2. The van der Waals surface area contributed by atoms with Crippen LogP contribution in [0.1, 0.15) is 5.69 Å². The van der Waals surface area contributed by atoms with Crippen LogP contribution in [-0.2, 0) is 11.3 Å². The van der Waals surface area contributed by atoms with Crippen molar-refractivity contribution < 1.29 is 4.74 Å². The van der Waals surface area contributed by atoms with E-state index in [-0.39, 0.29) is 0 Å². The van der Waals surface area contributed by atoms with Crippen molar-refractivity contribution in [2.75, 3.05) is 7.11 Å². The van der Waals surface area contributed by atoms with E-state index in [0.717, 1.165) is 27.9 Å². The third-order valence-corrected chi connectivity index (χ3v) is 2.85. The van der Waals surface area contributed by atoms with Crippen LogP contribution in [0.4, 0.5) is 0 Å². The highest BCUT2D eigenvalue weighted by molar-refractivity contribution is 5.81. The third-order valence-electron chi connectivity index (χ3n) is 2.85. The maximum atomic E-state index is 5.04. The van der Waals surface area contributed by atoms with Gasteiger partial charge >= 0.3 is 0 Å². The van der Waals surface area contributed by atoms with Crippen molar-refractivity contribution >= 4 is 11.0 Å². The van der Waals surface area contributed by atoms with Gasteiger partial charge in [0.2, 0.25) is 0 Å². The molecule has 0 spiro atoms. The van der Waals surface area contributed by atoms with Crippen molar-refractivity contribution in [1.82, 2.24) is 15.0 Å². The second-order valence-corrected chi connectivity index (χ2v) is 4.11. The summed E-state index contributed by atoms with van der Waals surface area (Å²) in [5.74, 6) is 0. The number of H-pyrrole nitrogens is 1. The van der Waals surface area contributed by atoms with E-state index in [9.17, 15) is 0 Å². The summed E-state index contributed by atoms with van der Waals surface area (Å²) in [5, 5.41) is 1.11. The van der Waals surface area contributed by atoms with Gasteiger partial charge in [-0.2, -0.15) is 0 Å². The zero-order valence-electron chi connectivity index (χ0n) is 10.1. The second kappa shape index (κ2) is 4.58. The highest BCUT2D eigenvalue weighted by Gasteiger charge is 2.02. The molecule has 0 aliphatic heterocycles. The van der Waals surface area contributed by atoms with Crippen LogP contribution in [0, 0.1) is 0 Å². The number of methoxy groups -OCH3 is 1. The van der Waals surface area contributed by atoms with E-state index in [1.165, 1.54) is 0 Å². The molecule has 0 saturated heterocycles. The topological polar surface area (TPSA) is 50.8 Å². The Morgan fingerprint density at radius 2 is 2.00 bits per heavy atom. The molecule has 0 aliphatic rings. The molecule has 0 unspecified atom stereocenters. The first-order valence-electron chi connectivity index (χ1n) is 5.74. The standard InChI is InChI=1S/C14H13N3O/c1-18-9-13-3-2-11(7-16-13)12-6-10-4-5-15-14(10)17-8-12/h2-8H,9H2,1H3,(H,15,17). The number of nitrogens with zero attached hydrogens (tertiary/aromatic N) is 2. The van der Waals surface area contributed by atoms with E-state index in [4.69, 9.17) is 4.74 Å². The van der Waals surface area contributed by atoms with Crippen molar-refractivity contribution in [1.29, 1.82) is 0 Å². The Kier molecular flexibility index (Phi) is 2.78. The largest absolute Gasteiger partial charge is 0.378 e. The number of ether oxygens (including phenoxy) is 1. The quantitative estimate of drug-likeness (QED) is 0.764. The monoisotopic (exact) mass is 239 g/mol. The second-order valence-electron chi connectivity index (χ2n) is 4.11. The van der Waals surface area contributed by atoms with E-state index in [1.807, 2.05) is 36.8 Å². The van der Waals surface area contributed by atoms with E-state index in [1.54, 1.807) is 7.11 Å². The average molecular weight is 239 g/mol. The number of hydrogen-bond acceptors (Lipinski definition) is 3. The summed E-state index contributed by atoms with van der Waals surface area (Å²) in [6.07, 6.45) is 5.59. The SMILES string of the molecule is COCc1ccc(-c2cnc3[nH]ccc3c2)cn1. The van der Waals surface area contributed by atoms with Crippen molar-refractivity contribution in [3.63, 3.8) is 0 Å². The maximum absolute atomic E-state index is 5.04. The van der Waals surface area contributed by atoms with Gasteiger partial charge in [-0.25, -0.2) is 4.98 Å². The minimum Gasteiger partial charge on any atom is -0.378 e. The Labute approximate surface area is 105 Å². The lowest BCUT2D eigenvalue weighted by Crippen LogP contribution is -1.91. The highest BCUT2D eigenvalue weighted by atomic mass is 16.5. The summed E-state index contributed by atoms with van der Waals surface area (Å²) in [5.41, 5.74) is 3.96. The minimum atomic E-state index is 0.537. The van der Waals surface area contributed by atoms with Crippen LogP contribution in [0.5, 0.6) is 0 Å². The number of fused-ring (bicyclic) bond motifs is 1. The van der Waals surface area contributed by atoms with Crippen LogP contribution >= 0.6 is 0 Å². The predicted octanol–water partition coefficient (Wildman–Crippen LogP) is 2.77. The number of rotatable bonds is 3. The molecule has 90 valence electrons. The van der Waals surface area contributed by atoms with Crippen molar-refractivity contribution in [2.45, 2.75) is 6.61 Å². The zero-order valence-corrected chi connectivity index (χ0v) is 10.1. The smallest absolute Gasteiger partial charge is 0.137 e. The van der Waals surface area contributed by atoms with Gasteiger partial charge in [-0.1, -0.05) is 6.07 Å². The number of aromatic amines is 1. The van der Waals surface area contributed by atoms with Crippen molar-refractivity contribution in [3.8, 4) is 11.1 Å². The maximum Gasteiger partial charge on any atom is 0.137 e. The van der Waals surface area contributed by atoms with Gasteiger partial charge in [0.1, 0.15) is 5.65 Å². The van der Waals surface area contributed by atoms with E-state index in [0.29, 0.717) is 6.61 Å². The number of aromatic nitrogens is 3. The molecule has 0 saturated carbocycles. The summed E-state index contributed by atoms with van der Waals surface area (Å²) >= 11 is 0. The lowest BCUT2D eigenvalue weighted by Gasteiger charge is -2.03. The highest BCUT2D eigenvalue weighted by Crippen LogP contribution is 2.21. The summed E-state index contributed by atoms with van der Waals surface area (Å²) in [7, 11) is 1.67. The van der Waals surface area contributed by atoms with Crippen LogP contribution in [-0.4, -0.2) is 22.1 Å². The molecule has 0 amide bonds. The van der Waals surface area contributed by atoms with Crippen molar-refractivity contribution in [3.05, 3.63) is 48.5 Å². The normalized spacial score (nSPS) is 10.9. The molecule has 3 rings (SSSR count). The lowest BCUT2D eigenvalue weighted by molar-refractivity contribution is 0.181. The number of nitrogens with one attached hydrogen (secondary N) is 1. The van der Waals surface area contributed by atoms with Gasteiger partial charge in [-0.3, -0.25) is 4.98 Å². The van der Waals surface area contributed by atoms with Crippen LogP contribution in [0.25, 0.3) is 22.2 Å². The van der Waals surface area contributed by atoms with Crippen LogP contribution in [0.15, 0.2) is 42.9 Å². The fourth-order valence-corrected chi connectivity index (χ4v) is 1.93. The first kappa shape index (κ1) is 10.9. The first-order chi connectivity index (χ1) is 8.86. The first-order valence-corrected chi connectivity index (χ1v) is 5.74. The average Bonchev–Trinajstić information content (AvgIpc) is 2.87. The summed E-state index contributed by atoms with van der Waals surface area (Å²) in [4.78, 5) is 11.8. The molecule has 0 aromatic carbocycles. The summed E-state index contributed by atoms with van der Waals surface area (Å²) in [6.45, 7) is 0.537. The van der Waals surface area contributed by atoms with Gasteiger partial charge in [0.05, 0.1) is 12.3 Å². The van der Waals surface area contributed by atoms with Crippen LogP contribution in [0.2, 0.25) is 0 Å². The van der Waals surface area contributed by atoms with E-state index >= 15 is 0 Å². The molecule has 3 heterocycles. The van der Waals surface area contributed by atoms with Gasteiger partial charge in [-0.05, 0) is 18.2 Å². The molecule has 0 radical (unpaired) electrons. The Morgan fingerprint density at radius 1 is 1.11 bits per heavy atom. The van der Waals surface area contributed by atoms with Crippen LogP contribution < -0.4 is 0 Å². The molecule has 4 heteroatoms. The molecule has 3 aromatic heterocycles. The molecule has 1 N–H and O–H groups in total. The molecule has 3 aromatic rings. The molecule has 18 heavy (non-hydrogen) atoms. The molecular weight excluding hydrogens is 226 g/mol. The Hall–Kier alpha value is -2.20. The molecule has 0 fully saturated rings. The lowest BCUT2D eigenvalue weighted by atomic mass is 10.1. The number of hydrogen-bond donors (Lipinski definition) is 1. The molecule has 4 nitrogen and oxygen atoms in total. The Morgan fingerprint density at radius 3 is 2.78 bits per heavy atom. The van der Waals surface area contributed by atoms with Gasteiger partial charge < -0.3 is 9.72 Å². The third kappa shape index (κ3) is 1.98. The van der Waals surface area contributed by atoms with E-state index < -0.39 is 0 Å². The molecule has 0 atom stereocenters. The van der Waals surface area contributed by atoms with E-state index in [2.05, 4.69) is 21.0 Å².